The number of imidazole rings is 1. The number of aromatic nitrogens is 4. The first-order valence-electron chi connectivity index (χ1n) is 11.0. The number of nitrogens with one attached hydrogen (secondary N) is 1. The summed E-state index contributed by atoms with van der Waals surface area (Å²) in [4.78, 5) is 36.5. The van der Waals surface area contributed by atoms with E-state index in [1.807, 2.05) is 6.92 Å². The number of amides is 1. The number of rotatable bonds is 8. The van der Waals surface area contributed by atoms with Crippen LogP contribution < -0.4 is 5.32 Å². The first-order valence-corrected chi connectivity index (χ1v) is 11.0. The van der Waals surface area contributed by atoms with Gasteiger partial charge < -0.3 is 18.9 Å². The summed E-state index contributed by atoms with van der Waals surface area (Å²) in [6.45, 7) is 2.41. The molecular weight excluding hydrogens is 465 g/mol. The maximum Gasteiger partial charge on any atom is 0.293 e. The van der Waals surface area contributed by atoms with Gasteiger partial charge in [-0.15, -0.1) is 0 Å². The van der Waals surface area contributed by atoms with Gasteiger partial charge in [-0.2, -0.15) is 0 Å². The molecule has 180 valence electrons. The second-order valence-electron chi connectivity index (χ2n) is 7.97. The molecule has 36 heavy (non-hydrogen) atoms. The van der Waals surface area contributed by atoms with Crippen LogP contribution in [0.4, 0.5) is 10.1 Å². The summed E-state index contributed by atoms with van der Waals surface area (Å²) in [6, 6.07) is 11.5. The second kappa shape index (κ2) is 9.79. The van der Waals surface area contributed by atoms with Crippen molar-refractivity contribution in [3.63, 3.8) is 0 Å². The number of carbonyl (C=O) groups excluding carboxylic acids is 2. The molecule has 0 aliphatic rings. The fourth-order valence-corrected chi connectivity index (χ4v) is 3.80. The van der Waals surface area contributed by atoms with Crippen LogP contribution in [0.5, 0.6) is 0 Å². The van der Waals surface area contributed by atoms with E-state index in [1.165, 1.54) is 12.3 Å². The standard InChI is InChI=1S/C26H20FN5O4/c1-16-10-17(6-8-28-16)26-31-23(14-36-26)25(34)30-22-13-32-12-18(7-9-35-15-33)29-24(32)11-20(22)19-4-2-3-5-21(19)27/h2-6,8,10-15H,7,9H2,1H3,(H,30,34). The topological polar surface area (TPSA) is 112 Å². The van der Waals surface area contributed by atoms with E-state index in [0.717, 1.165) is 5.69 Å². The molecule has 0 aliphatic heterocycles. The van der Waals surface area contributed by atoms with E-state index in [0.29, 0.717) is 46.6 Å². The molecule has 5 rings (SSSR count). The number of aryl methyl sites for hydroxylation is 1. The van der Waals surface area contributed by atoms with Gasteiger partial charge in [-0.1, -0.05) is 18.2 Å². The lowest BCUT2D eigenvalue weighted by Gasteiger charge is -2.12. The maximum atomic E-state index is 14.7. The summed E-state index contributed by atoms with van der Waals surface area (Å²) in [5.41, 5.74) is 3.88. The molecule has 0 bridgehead atoms. The van der Waals surface area contributed by atoms with E-state index >= 15 is 0 Å². The summed E-state index contributed by atoms with van der Waals surface area (Å²) >= 11 is 0. The van der Waals surface area contributed by atoms with Crippen LogP contribution in [0.2, 0.25) is 0 Å². The highest BCUT2D eigenvalue weighted by Gasteiger charge is 2.19. The molecule has 0 saturated heterocycles. The van der Waals surface area contributed by atoms with Gasteiger partial charge >= 0.3 is 0 Å². The minimum Gasteiger partial charge on any atom is -0.467 e. The van der Waals surface area contributed by atoms with Crippen molar-refractivity contribution in [2.45, 2.75) is 13.3 Å². The highest BCUT2D eigenvalue weighted by atomic mass is 19.1. The molecule has 0 radical (unpaired) electrons. The molecule has 0 aliphatic carbocycles. The third-order valence-corrected chi connectivity index (χ3v) is 5.48. The number of hydrogen-bond donors (Lipinski definition) is 1. The predicted octanol–water partition coefficient (Wildman–Crippen LogP) is 4.47. The van der Waals surface area contributed by atoms with Crippen LogP contribution in [-0.4, -0.2) is 38.3 Å². The van der Waals surface area contributed by atoms with Crippen molar-refractivity contribution < 1.29 is 23.1 Å². The Morgan fingerprint density at radius 3 is 2.83 bits per heavy atom. The molecule has 9 nitrogen and oxygen atoms in total. The summed E-state index contributed by atoms with van der Waals surface area (Å²) in [5.74, 6) is -0.681. The summed E-state index contributed by atoms with van der Waals surface area (Å²) in [5, 5.41) is 2.82. The Bertz CT molecular complexity index is 1580. The van der Waals surface area contributed by atoms with Crippen LogP contribution in [0.1, 0.15) is 21.9 Å². The highest BCUT2D eigenvalue weighted by molar-refractivity contribution is 6.05. The molecule has 0 spiro atoms. The third kappa shape index (κ3) is 4.69. The number of halogens is 1. The molecule has 1 N–H and O–H groups in total. The van der Waals surface area contributed by atoms with Gasteiger partial charge in [0.05, 0.1) is 18.0 Å². The Balaban J connectivity index is 1.50. The van der Waals surface area contributed by atoms with Gasteiger partial charge in [0.25, 0.3) is 12.4 Å². The second-order valence-corrected chi connectivity index (χ2v) is 7.97. The minimum atomic E-state index is -0.521. The highest BCUT2D eigenvalue weighted by Crippen LogP contribution is 2.32. The molecule has 1 aromatic carbocycles. The fourth-order valence-electron chi connectivity index (χ4n) is 3.80. The van der Waals surface area contributed by atoms with Crippen molar-refractivity contribution >= 4 is 23.7 Å². The smallest absolute Gasteiger partial charge is 0.293 e. The van der Waals surface area contributed by atoms with E-state index in [1.54, 1.807) is 59.4 Å². The van der Waals surface area contributed by atoms with Gasteiger partial charge in [0, 0.05) is 47.4 Å². The Kier molecular flexibility index (Phi) is 6.23. The fraction of sp³-hybridized carbons (Fsp3) is 0.115. The van der Waals surface area contributed by atoms with Crippen LogP contribution in [0, 0.1) is 12.7 Å². The lowest BCUT2D eigenvalue weighted by Crippen LogP contribution is -2.14. The maximum absolute atomic E-state index is 14.7. The number of pyridine rings is 2. The summed E-state index contributed by atoms with van der Waals surface area (Å²) < 4.78 is 26.7. The number of anilines is 1. The molecule has 4 heterocycles. The number of hydrogen-bond acceptors (Lipinski definition) is 7. The zero-order valence-corrected chi connectivity index (χ0v) is 19.1. The molecule has 10 heteroatoms. The largest absolute Gasteiger partial charge is 0.467 e. The van der Waals surface area contributed by atoms with Crippen molar-refractivity contribution in [1.29, 1.82) is 0 Å². The Morgan fingerprint density at radius 2 is 2.03 bits per heavy atom. The molecule has 4 aromatic heterocycles. The quantitative estimate of drug-likeness (QED) is 0.255. The first-order chi connectivity index (χ1) is 17.5. The van der Waals surface area contributed by atoms with Crippen molar-refractivity contribution in [2.24, 2.45) is 0 Å². The minimum absolute atomic E-state index is 0.0661. The van der Waals surface area contributed by atoms with Gasteiger partial charge in [0.1, 0.15) is 17.7 Å². The zero-order valence-electron chi connectivity index (χ0n) is 19.1. The van der Waals surface area contributed by atoms with Crippen molar-refractivity contribution in [3.05, 3.63) is 90.2 Å². The monoisotopic (exact) mass is 485 g/mol. The van der Waals surface area contributed by atoms with E-state index in [-0.39, 0.29) is 18.2 Å². The molecule has 0 atom stereocenters. The van der Waals surface area contributed by atoms with Gasteiger partial charge in [0.15, 0.2) is 5.69 Å². The normalized spacial score (nSPS) is 10.9. The average molecular weight is 485 g/mol. The number of fused-ring (bicyclic) bond motifs is 1. The van der Waals surface area contributed by atoms with Gasteiger partial charge in [-0.3, -0.25) is 14.6 Å². The number of ether oxygens (including phenoxy) is 1. The van der Waals surface area contributed by atoms with E-state index in [9.17, 15) is 14.0 Å². The third-order valence-electron chi connectivity index (χ3n) is 5.48. The van der Waals surface area contributed by atoms with Gasteiger partial charge in [-0.25, -0.2) is 14.4 Å². The van der Waals surface area contributed by atoms with Crippen LogP contribution in [0.15, 0.2) is 71.7 Å². The van der Waals surface area contributed by atoms with Crippen LogP contribution in [0.3, 0.4) is 0 Å². The number of oxazole rings is 1. The van der Waals surface area contributed by atoms with E-state index in [2.05, 4.69) is 20.3 Å². The number of benzene rings is 1. The lowest BCUT2D eigenvalue weighted by molar-refractivity contribution is -0.128. The van der Waals surface area contributed by atoms with Crippen LogP contribution >= 0.6 is 0 Å². The van der Waals surface area contributed by atoms with E-state index in [4.69, 9.17) is 9.15 Å². The molecule has 0 saturated carbocycles. The first kappa shape index (κ1) is 22.9. The molecule has 0 fully saturated rings. The summed E-state index contributed by atoms with van der Waals surface area (Å²) in [6.07, 6.45) is 6.72. The number of carbonyl (C=O) groups is 2. The molecule has 1 amide bonds. The van der Waals surface area contributed by atoms with Crippen LogP contribution in [-0.2, 0) is 16.0 Å². The lowest BCUT2D eigenvalue weighted by atomic mass is 10.0. The molecule has 5 aromatic rings. The predicted molar refractivity (Wildman–Crippen MR) is 129 cm³/mol. The van der Waals surface area contributed by atoms with Crippen LogP contribution in [0.25, 0.3) is 28.2 Å². The molecule has 0 unspecified atom stereocenters. The van der Waals surface area contributed by atoms with Crippen molar-refractivity contribution in [2.75, 3.05) is 11.9 Å². The Labute approximate surface area is 204 Å². The Morgan fingerprint density at radius 1 is 1.17 bits per heavy atom. The van der Waals surface area contributed by atoms with Gasteiger partial charge in [-0.05, 0) is 31.2 Å². The van der Waals surface area contributed by atoms with Crippen molar-refractivity contribution in [3.8, 4) is 22.6 Å². The number of nitrogens with zero attached hydrogens (tertiary/aromatic N) is 4. The van der Waals surface area contributed by atoms with E-state index < -0.39 is 11.7 Å². The van der Waals surface area contributed by atoms with Gasteiger partial charge in [0.2, 0.25) is 5.89 Å². The SMILES string of the molecule is Cc1cc(-c2nc(C(=O)Nc3cn4cc(CCOC=O)nc4cc3-c3ccccc3F)co2)ccn1. The average Bonchev–Trinajstić information content (AvgIpc) is 3.51. The zero-order chi connectivity index (χ0) is 25.1. The molecular formula is C26H20FN5O4. The summed E-state index contributed by atoms with van der Waals surface area (Å²) in [7, 11) is 0. The Hall–Kier alpha value is -4.86. The van der Waals surface area contributed by atoms with Crippen molar-refractivity contribution in [1.82, 2.24) is 19.4 Å².